The van der Waals surface area contributed by atoms with Crippen LogP contribution in [-0.4, -0.2) is 76.9 Å². The van der Waals surface area contributed by atoms with E-state index in [-0.39, 0.29) is 47.6 Å². The molecule has 50 heavy (non-hydrogen) atoms. The molecule has 1 aliphatic carbocycles. The molecule has 0 atom stereocenters. The first-order chi connectivity index (χ1) is 24.3. The number of benzene rings is 3. The first kappa shape index (κ1) is 35.7. The quantitative estimate of drug-likeness (QED) is 0.0577. The fraction of sp³-hybridized carbons (Fsp3) is 0.432. The summed E-state index contributed by atoms with van der Waals surface area (Å²) in [5.74, 6) is -7.85. The van der Waals surface area contributed by atoms with Gasteiger partial charge in [0.15, 0.2) is 11.6 Å². The van der Waals surface area contributed by atoms with E-state index in [9.17, 15) is 14.7 Å². The highest BCUT2D eigenvalue weighted by Crippen LogP contribution is 2.45. The number of nitrogens with one attached hydrogen (secondary N) is 1. The van der Waals surface area contributed by atoms with Crippen molar-refractivity contribution in [1.82, 2.24) is 9.89 Å². The van der Waals surface area contributed by atoms with Crippen molar-refractivity contribution in [2.75, 3.05) is 69.9 Å². The molecule has 2 saturated heterocycles. The van der Waals surface area contributed by atoms with Crippen molar-refractivity contribution in [1.29, 1.82) is 0 Å². The molecule has 2 fully saturated rings. The van der Waals surface area contributed by atoms with E-state index in [1.54, 1.807) is 36.4 Å². The highest BCUT2D eigenvalue weighted by Gasteiger charge is 2.33. The van der Waals surface area contributed by atoms with Crippen molar-refractivity contribution in [2.24, 2.45) is 0 Å². The van der Waals surface area contributed by atoms with Crippen LogP contribution in [0.3, 0.4) is 0 Å². The first-order valence-corrected chi connectivity index (χ1v) is 17.6. The number of aromatic carboxylic acids is 1. The second-order valence-corrected chi connectivity index (χ2v) is 12.8. The standard InChI is InChI=1S/C37H39ClF3N3O6/c38-11-3-1-2-4-17-48-19-20-49-18-12-42-36(45)32-33(39)30(31(37(46)47)34(40)35(32)41)29-25-9-7-23(43-13-5-14-43)21-27(25)50-28-22-24(8-10-26(28)29)44-15-6-16-44/h7-10,21-22H,1-6,11-20H2,(H-,42,45,46,47). The third kappa shape index (κ3) is 7.47. The zero-order valence-corrected chi connectivity index (χ0v) is 28.4. The van der Waals surface area contributed by atoms with Crippen LogP contribution >= 0.6 is 11.6 Å². The molecule has 4 aliphatic rings. The van der Waals surface area contributed by atoms with Crippen molar-refractivity contribution >= 4 is 40.1 Å². The molecule has 6 rings (SSSR count). The van der Waals surface area contributed by atoms with Crippen molar-refractivity contribution in [3.63, 3.8) is 0 Å². The molecule has 0 spiro atoms. The van der Waals surface area contributed by atoms with Crippen LogP contribution in [0.25, 0.3) is 33.4 Å². The van der Waals surface area contributed by atoms with Crippen LogP contribution < -0.4 is 25.3 Å². The molecule has 3 heterocycles. The molecular formula is C37H39ClF3N3O6. The Morgan fingerprint density at radius 1 is 0.860 bits per heavy atom. The molecule has 13 heteroatoms. The molecule has 1 amide bonds. The van der Waals surface area contributed by atoms with Gasteiger partial charge in [0.25, 0.3) is 5.91 Å². The minimum absolute atomic E-state index is 0.00526. The number of ether oxygens (including phenoxy) is 2. The molecule has 1 N–H and O–H groups in total. The number of carboxylic acid groups (broad SMARTS) is 1. The van der Waals surface area contributed by atoms with E-state index in [1.807, 2.05) is 0 Å². The fourth-order valence-electron chi connectivity index (χ4n) is 6.26. The Bertz CT molecular complexity index is 1920. The highest BCUT2D eigenvalue weighted by atomic mass is 35.5. The van der Waals surface area contributed by atoms with Gasteiger partial charge < -0.3 is 34.0 Å². The molecule has 266 valence electrons. The predicted octanol–water partition coefficient (Wildman–Crippen LogP) is 4.93. The van der Waals surface area contributed by atoms with Gasteiger partial charge in [-0.1, -0.05) is 12.8 Å². The van der Waals surface area contributed by atoms with Gasteiger partial charge in [-0.05, 0) is 37.5 Å². The van der Waals surface area contributed by atoms with Gasteiger partial charge in [0, 0.05) is 77.6 Å². The van der Waals surface area contributed by atoms with E-state index in [0.29, 0.717) is 19.1 Å². The summed E-state index contributed by atoms with van der Waals surface area (Å²) in [4.78, 5) is 27.7. The molecule has 2 aromatic rings. The SMILES string of the molecule is O=C(NCCOCCOCCCCCCCl)c1c(F)c(F)c(C(=O)[O-])c(-c2c3ccc(=[N+]4CCC4)cc-3oc3cc(N4CCC4)ccc23)c1F. The van der Waals surface area contributed by atoms with Gasteiger partial charge in [-0.2, -0.15) is 0 Å². The van der Waals surface area contributed by atoms with Gasteiger partial charge >= 0.3 is 0 Å². The van der Waals surface area contributed by atoms with Crippen LogP contribution in [0.2, 0.25) is 0 Å². The van der Waals surface area contributed by atoms with Crippen LogP contribution in [0.5, 0.6) is 0 Å². The predicted molar refractivity (Wildman–Crippen MR) is 182 cm³/mol. The zero-order valence-electron chi connectivity index (χ0n) is 27.6. The average molecular weight is 714 g/mol. The van der Waals surface area contributed by atoms with Gasteiger partial charge in [0.05, 0.1) is 38.3 Å². The fourth-order valence-corrected chi connectivity index (χ4v) is 6.45. The number of nitrogens with zero attached hydrogens (tertiary/aromatic N) is 2. The number of anilines is 1. The van der Waals surface area contributed by atoms with Crippen molar-refractivity contribution in [3.05, 3.63) is 70.3 Å². The van der Waals surface area contributed by atoms with Gasteiger partial charge in [0.1, 0.15) is 35.8 Å². The number of carbonyl (C=O) groups is 2. The van der Waals surface area contributed by atoms with E-state index in [2.05, 4.69) is 14.8 Å². The van der Waals surface area contributed by atoms with Crippen molar-refractivity contribution in [2.45, 2.75) is 38.5 Å². The topological polar surface area (TPSA) is 107 Å². The number of alkyl halides is 1. The molecule has 3 aliphatic heterocycles. The molecule has 0 unspecified atom stereocenters. The van der Waals surface area contributed by atoms with E-state index >= 15 is 13.2 Å². The number of hydrogen-bond donors (Lipinski definition) is 1. The summed E-state index contributed by atoms with van der Waals surface area (Å²) in [6.07, 6.45) is 5.97. The highest BCUT2D eigenvalue weighted by molar-refractivity contribution is 6.17. The van der Waals surface area contributed by atoms with Crippen LogP contribution in [0, 0.1) is 17.5 Å². The van der Waals surface area contributed by atoms with Crippen LogP contribution in [0.1, 0.15) is 59.2 Å². The van der Waals surface area contributed by atoms with Crippen molar-refractivity contribution in [3.8, 4) is 22.5 Å². The van der Waals surface area contributed by atoms with Gasteiger partial charge in [-0.3, -0.25) is 4.79 Å². The second kappa shape index (κ2) is 16.3. The maximum Gasteiger partial charge on any atom is 0.257 e. The number of halogens is 4. The minimum Gasteiger partial charge on any atom is -0.545 e. The second-order valence-electron chi connectivity index (χ2n) is 12.5. The minimum atomic E-state index is -2.13. The lowest BCUT2D eigenvalue weighted by atomic mass is 9.88. The number of amides is 1. The Balaban J connectivity index is 1.31. The monoisotopic (exact) mass is 713 g/mol. The number of hydrogen-bond acceptors (Lipinski definition) is 7. The van der Waals surface area contributed by atoms with Crippen molar-refractivity contribution < 1.29 is 41.8 Å². The number of carboxylic acids is 1. The lowest BCUT2D eigenvalue weighted by Crippen LogP contribution is -2.40. The Morgan fingerprint density at radius 2 is 1.60 bits per heavy atom. The van der Waals surface area contributed by atoms with Gasteiger partial charge in [-0.25, -0.2) is 17.7 Å². The smallest absolute Gasteiger partial charge is 0.257 e. The summed E-state index contributed by atoms with van der Waals surface area (Å²) in [6, 6.07) is 10.3. The first-order valence-electron chi connectivity index (χ1n) is 17.1. The van der Waals surface area contributed by atoms with E-state index in [4.69, 9.17) is 25.5 Å². The number of carbonyl (C=O) groups excluding carboxylic acids is 2. The molecule has 0 radical (unpaired) electrons. The summed E-state index contributed by atoms with van der Waals surface area (Å²) in [5.41, 5.74) is -2.06. The number of unbranched alkanes of at least 4 members (excludes halogenated alkanes) is 3. The Morgan fingerprint density at radius 3 is 2.28 bits per heavy atom. The average Bonchev–Trinajstić information content (AvgIpc) is 3.04. The molecule has 0 saturated carbocycles. The molecule has 0 bridgehead atoms. The third-order valence-corrected chi connectivity index (χ3v) is 9.48. The lowest BCUT2D eigenvalue weighted by molar-refractivity contribution is -0.255. The summed E-state index contributed by atoms with van der Waals surface area (Å²) >= 11 is 5.67. The van der Waals surface area contributed by atoms with E-state index in [1.165, 1.54) is 0 Å². The van der Waals surface area contributed by atoms with Gasteiger partial charge in [-0.15, -0.1) is 11.6 Å². The Hall–Kier alpha value is -4.13. The van der Waals surface area contributed by atoms with E-state index < -0.39 is 46.0 Å². The Kier molecular flexibility index (Phi) is 11.6. The maximum atomic E-state index is 16.7. The summed E-state index contributed by atoms with van der Waals surface area (Å²) in [7, 11) is 0. The van der Waals surface area contributed by atoms with Gasteiger partial charge in [0.2, 0.25) is 5.36 Å². The van der Waals surface area contributed by atoms with Crippen LogP contribution in [0.4, 0.5) is 18.9 Å². The van der Waals surface area contributed by atoms with Crippen LogP contribution in [0.15, 0.2) is 40.8 Å². The largest absolute Gasteiger partial charge is 0.545 e. The summed E-state index contributed by atoms with van der Waals surface area (Å²) < 4.78 is 67.2. The lowest BCUT2D eigenvalue weighted by Gasteiger charge is -2.33. The van der Waals surface area contributed by atoms with Crippen LogP contribution in [-0.2, 0) is 9.47 Å². The maximum absolute atomic E-state index is 16.7. The van der Waals surface area contributed by atoms with E-state index in [0.717, 1.165) is 75.7 Å². The summed E-state index contributed by atoms with van der Waals surface area (Å²) in [6.45, 7) is 4.34. The zero-order chi connectivity index (χ0) is 35.2. The molecule has 2 aromatic carbocycles. The molecule has 0 aromatic heterocycles. The number of rotatable bonds is 16. The molecule has 9 nitrogen and oxygen atoms in total. The normalized spacial score (nSPS) is 14.2. The molecular weight excluding hydrogens is 675 g/mol. The third-order valence-electron chi connectivity index (χ3n) is 9.21. The summed E-state index contributed by atoms with van der Waals surface area (Å²) in [5, 5.41) is 15.8. The number of fused-ring (bicyclic) bond motifs is 2. The Labute approximate surface area is 292 Å².